The number of benzene rings is 1. The zero-order valence-electron chi connectivity index (χ0n) is 9.19. The highest BCUT2D eigenvalue weighted by Crippen LogP contribution is 2.20. The Balaban J connectivity index is 2.20. The maximum Gasteiger partial charge on any atom is 0.249 e. The van der Waals surface area contributed by atoms with E-state index in [2.05, 4.69) is 20.6 Å². The summed E-state index contributed by atoms with van der Waals surface area (Å²) in [4.78, 5) is 10.7. The molecule has 0 saturated heterocycles. The van der Waals surface area contributed by atoms with Crippen molar-refractivity contribution in [3.05, 3.63) is 29.8 Å². The number of nitrogens with two attached hydrogens (primary N) is 1. The van der Waals surface area contributed by atoms with E-state index >= 15 is 0 Å². The van der Waals surface area contributed by atoms with Gasteiger partial charge in [-0.3, -0.25) is 4.79 Å². The van der Waals surface area contributed by atoms with E-state index < -0.39 is 18.1 Å². The van der Waals surface area contributed by atoms with Crippen molar-refractivity contribution >= 4 is 5.91 Å². The van der Waals surface area contributed by atoms with Crippen LogP contribution in [0.5, 0.6) is 0 Å². The number of aliphatic hydroxyl groups excluding tert-OH is 2. The van der Waals surface area contributed by atoms with E-state index in [1.807, 2.05) is 0 Å². The van der Waals surface area contributed by atoms with Crippen molar-refractivity contribution in [3.8, 4) is 11.4 Å². The normalized spacial score (nSPS) is 14.1. The summed E-state index contributed by atoms with van der Waals surface area (Å²) in [7, 11) is 0. The van der Waals surface area contributed by atoms with Gasteiger partial charge in [-0.1, -0.05) is 24.3 Å². The van der Waals surface area contributed by atoms with Crippen LogP contribution in [0.2, 0.25) is 0 Å². The van der Waals surface area contributed by atoms with Gasteiger partial charge in [0, 0.05) is 5.56 Å². The molecule has 0 radical (unpaired) electrons. The first-order valence-corrected chi connectivity index (χ1v) is 5.09. The number of hydrogen-bond donors (Lipinski definition) is 4. The lowest BCUT2D eigenvalue weighted by molar-refractivity contribution is -0.131. The molecule has 2 aromatic rings. The van der Waals surface area contributed by atoms with Gasteiger partial charge in [-0.15, -0.1) is 10.2 Å². The van der Waals surface area contributed by atoms with Crippen LogP contribution in [0.1, 0.15) is 11.7 Å². The van der Waals surface area contributed by atoms with E-state index in [4.69, 9.17) is 5.73 Å². The lowest BCUT2D eigenvalue weighted by atomic mass is 10.0. The molecule has 1 aromatic carbocycles. The number of rotatable bonds is 4. The lowest BCUT2D eigenvalue weighted by Gasteiger charge is -2.15. The minimum atomic E-state index is -1.64. The topological polar surface area (TPSA) is 138 Å². The van der Waals surface area contributed by atoms with Crippen LogP contribution in [0, 0.1) is 0 Å². The van der Waals surface area contributed by atoms with Crippen LogP contribution in [0.4, 0.5) is 0 Å². The number of hydrogen-bond acceptors (Lipinski definition) is 6. The number of aliphatic hydroxyl groups is 2. The second-order valence-electron chi connectivity index (χ2n) is 3.65. The molecular weight excluding hydrogens is 238 g/mol. The number of primary amides is 1. The van der Waals surface area contributed by atoms with Crippen LogP contribution in [-0.2, 0) is 4.79 Å². The summed E-state index contributed by atoms with van der Waals surface area (Å²) >= 11 is 0. The molecule has 18 heavy (non-hydrogen) atoms. The van der Waals surface area contributed by atoms with Gasteiger partial charge in [0.15, 0.2) is 6.10 Å². The first kappa shape index (κ1) is 12.1. The van der Waals surface area contributed by atoms with Crippen LogP contribution < -0.4 is 5.73 Å². The van der Waals surface area contributed by atoms with Gasteiger partial charge in [-0.25, -0.2) is 0 Å². The molecule has 8 nitrogen and oxygen atoms in total. The first-order chi connectivity index (χ1) is 8.59. The molecule has 1 amide bonds. The predicted molar refractivity (Wildman–Crippen MR) is 59.8 cm³/mol. The SMILES string of the molecule is NC(=O)C(O)C(O)c1ccc(-c2nn[nH]n2)cc1. The van der Waals surface area contributed by atoms with Gasteiger partial charge in [-0.05, 0) is 10.8 Å². The molecule has 94 valence electrons. The number of amides is 1. The number of tetrazole rings is 1. The molecule has 2 atom stereocenters. The van der Waals surface area contributed by atoms with E-state index in [-0.39, 0.29) is 0 Å². The van der Waals surface area contributed by atoms with Crippen LogP contribution in [-0.4, -0.2) is 42.8 Å². The van der Waals surface area contributed by atoms with Crippen molar-refractivity contribution in [2.24, 2.45) is 5.73 Å². The van der Waals surface area contributed by atoms with Gasteiger partial charge in [0.05, 0.1) is 0 Å². The number of H-pyrrole nitrogens is 1. The largest absolute Gasteiger partial charge is 0.385 e. The molecule has 0 spiro atoms. The molecule has 0 aliphatic heterocycles. The monoisotopic (exact) mass is 249 g/mol. The number of carbonyl (C=O) groups is 1. The van der Waals surface area contributed by atoms with Crippen LogP contribution in [0.15, 0.2) is 24.3 Å². The number of carbonyl (C=O) groups excluding carboxylic acids is 1. The highest BCUT2D eigenvalue weighted by atomic mass is 16.3. The molecule has 1 aromatic heterocycles. The van der Waals surface area contributed by atoms with Crippen LogP contribution in [0.25, 0.3) is 11.4 Å². The summed E-state index contributed by atoms with van der Waals surface area (Å²) in [5, 5.41) is 32.3. The fourth-order valence-corrected chi connectivity index (χ4v) is 1.45. The third kappa shape index (κ3) is 2.34. The summed E-state index contributed by atoms with van der Waals surface area (Å²) in [6, 6.07) is 6.36. The molecule has 0 bridgehead atoms. The Bertz CT molecular complexity index is 525. The third-order valence-corrected chi connectivity index (χ3v) is 2.45. The highest BCUT2D eigenvalue weighted by molar-refractivity contribution is 5.79. The number of nitrogens with one attached hydrogen (secondary N) is 1. The molecule has 1 heterocycles. The van der Waals surface area contributed by atoms with Gasteiger partial charge >= 0.3 is 0 Å². The van der Waals surface area contributed by atoms with Gasteiger partial charge < -0.3 is 15.9 Å². The van der Waals surface area contributed by atoms with E-state index in [1.54, 1.807) is 24.3 Å². The molecule has 2 rings (SSSR count). The molecule has 0 saturated carbocycles. The smallest absolute Gasteiger partial charge is 0.249 e. The summed E-state index contributed by atoms with van der Waals surface area (Å²) in [6.45, 7) is 0. The second kappa shape index (κ2) is 4.90. The van der Waals surface area contributed by atoms with Gasteiger partial charge in [-0.2, -0.15) is 5.21 Å². The molecular formula is C10H11N5O3. The number of nitrogens with zero attached hydrogens (tertiary/aromatic N) is 3. The van der Waals surface area contributed by atoms with Crippen molar-refractivity contribution in [1.29, 1.82) is 0 Å². The minimum absolute atomic E-state index is 0.369. The quantitative estimate of drug-likeness (QED) is 0.534. The Kier molecular flexibility index (Phi) is 3.31. The van der Waals surface area contributed by atoms with Crippen molar-refractivity contribution < 1.29 is 15.0 Å². The van der Waals surface area contributed by atoms with Gasteiger partial charge in [0.25, 0.3) is 0 Å². The zero-order chi connectivity index (χ0) is 13.1. The Hall–Kier alpha value is -2.32. The first-order valence-electron chi connectivity index (χ1n) is 5.09. The summed E-state index contributed by atoms with van der Waals surface area (Å²) in [6.07, 6.45) is -3.00. The average Bonchev–Trinajstić information content (AvgIpc) is 2.91. The summed E-state index contributed by atoms with van der Waals surface area (Å²) < 4.78 is 0. The fraction of sp³-hybridized carbons (Fsp3) is 0.200. The summed E-state index contributed by atoms with van der Waals surface area (Å²) in [5.41, 5.74) is 5.96. The number of aromatic nitrogens is 4. The Labute approximate surface area is 101 Å². The summed E-state index contributed by atoms with van der Waals surface area (Å²) in [5.74, 6) is -0.573. The lowest BCUT2D eigenvalue weighted by Crippen LogP contribution is -2.33. The van der Waals surface area contributed by atoms with Crippen molar-refractivity contribution in [2.45, 2.75) is 12.2 Å². The number of aromatic amines is 1. The van der Waals surface area contributed by atoms with Crippen LogP contribution >= 0.6 is 0 Å². The molecule has 8 heteroatoms. The van der Waals surface area contributed by atoms with Crippen molar-refractivity contribution in [1.82, 2.24) is 20.6 Å². The predicted octanol–water partition coefficient (Wildman–Crippen LogP) is -1.25. The minimum Gasteiger partial charge on any atom is -0.385 e. The second-order valence-corrected chi connectivity index (χ2v) is 3.65. The maximum atomic E-state index is 10.7. The Morgan fingerprint density at radius 1 is 1.28 bits per heavy atom. The van der Waals surface area contributed by atoms with Crippen LogP contribution in [0.3, 0.4) is 0 Å². The zero-order valence-corrected chi connectivity index (χ0v) is 9.19. The average molecular weight is 249 g/mol. The highest BCUT2D eigenvalue weighted by Gasteiger charge is 2.23. The maximum absolute atomic E-state index is 10.7. The Morgan fingerprint density at radius 3 is 2.44 bits per heavy atom. The third-order valence-electron chi connectivity index (χ3n) is 2.45. The Morgan fingerprint density at radius 2 is 1.94 bits per heavy atom. The van der Waals surface area contributed by atoms with E-state index in [1.165, 1.54) is 0 Å². The molecule has 0 aliphatic carbocycles. The van der Waals surface area contributed by atoms with E-state index in [0.717, 1.165) is 0 Å². The van der Waals surface area contributed by atoms with E-state index in [0.29, 0.717) is 17.0 Å². The molecule has 0 aliphatic rings. The fourth-order valence-electron chi connectivity index (χ4n) is 1.45. The standard InChI is InChI=1S/C10H11N5O3/c11-9(18)8(17)7(16)5-1-3-6(4-2-5)10-12-14-15-13-10/h1-4,7-8,16-17H,(H2,11,18)(H,12,13,14,15). The van der Waals surface area contributed by atoms with Crippen molar-refractivity contribution in [3.63, 3.8) is 0 Å². The molecule has 0 fully saturated rings. The molecule has 5 N–H and O–H groups in total. The van der Waals surface area contributed by atoms with Crippen molar-refractivity contribution in [2.75, 3.05) is 0 Å². The van der Waals surface area contributed by atoms with E-state index in [9.17, 15) is 15.0 Å². The molecule has 2 unspecified atom stereocenters. The van der Waals surface area contributed by atoms with Gasteiger partial charge in [0.1, 0.15) is 6.10 Å². The van der Waals surface area contributed by atoms with Gasteiger partial charge in [0.2, 0.25) is 11.7 Å².